The average Bonchev–Trinajstić information content (AvgIpc) is 2.18. The number of β-amino-alcohol motifs (C(OH)–C–C–N with tert-alkyl or cyclic N) is 1. The van der Waals surface area contributed by atoms with E-state index in [4.69, 9.17) is 10.8 Å². The summed E-state index contributed by atoms with van der Waals surface area (Å²) >= 11 is 0. The van der Waals surface area contributed by atoms with Gasteiger partial charge in [0, 0.05) is 19.6 Å². The minimum absolute atomic E-state index is 0.144. The topological polar surface area (TPSA) is 74.4 Å². The second-order valence-corrected chi connectivity index (χ2v) is 3.28. The van der Waals surface area contributed by atoms with Gasteiger partial charge < -0.3 is 21.1 Å². The molecule has 0 fully saturated rings. The molecule has 0 atom stereocenters. The molecular weight excluding hydrogens is 180 g/mol. The normalized spacial score (nSPS) is 14.8. The molecule has 0 amide bonds. The van der Waals surface area contributed by atoms with E-state index in [0.29, 0.717) is 12.2 Å². The quantitative estimate of drug-likeness (QED) is 0.612. The molecule has 1 aliphatic rings. The summed E-state index contributed by atoms with van der Waals surface area (Å²) in [5.74, 6) is 0.875. The third kappa shape index (κ3) is 1.58. The lowest BCUT2D eigenvalue weighted by molar-refractivity contribution is 0.301. The molecule has 0 radical (unpaired) electrons. The Labute approximate surface area is 82.5 Å². The van der Waals surface area contributed by atoms with Crippen LogP contribution in [-0.4, -0.2) is 36.3 Å². The fourth-order valence-electron chi connectivity index (χ4n) is 1.63. The number of fused-ring (bicyclic) bond motifs is 1. The standard InChI is InChI=1S/C9H14N4O/c10-7-5-8-9(12-6-7)13(3-4-14)2-1-11-8/h5-6,11,14H,1-4,10H2. The van der Waals surface area contributed by atoms with E-state index in [1.807, 2.05) is 11.0 Å². The van der Waals surface area contributed by atoms with Crippen LogP contribution in [0.3, 0.4) is 0 Å². The van der Waals surface area contributed by atoms with Crippen molar-refractivity contribution < 1.29 is 5.11 Å². The van der Waals surface area contributed by atoms with Gasteiger partial charge in [-0.3, -0.25) is 0 Å². The van der Waals surface area contributed by atoms with E-state index in [2.05, 4.69) is 10.3 Å². The van der Waals surface area contributed by atoms with Crippen molar-refractivity contribution in [2.24, 2.45) is 0 Å². The molecule has 0 aromatic carbocycles. The maximum Gasteiger partial charge on any atom is 0.152 e. The third-order valence-electron chi connectivity index (χ3n) is 2.25. The van der Waals surface area contributed by atoms with Gasteiger partial charge in [-0.2, -0.15) is 0 Å². The summed E-state index contributed by atoms with van der Waals surface area (Å²) in [5, 5.41) is 12.1. The molecule has 4 N–H and O–H groups in total. The van der Waals surface area contributed by atoms with Crippen LogP contribution in [0.5, 0.6) is 0 Å². The van der Waals surface area contributed by atoms with E-state index >= 15 is 0 Å². The summed E-state index contributed by atoms with van der Waals surface area (Å²) in [6.07, 6.45) is 1.64. The molecule has 0 bridgehead atoms. The zero-order valence-corrected chi connectivity index (χ0v) is 7.90. The largest absolute Gasteiger partial charge is 0.397 e. The molecule has 0 unspecified atom stereocenters. The highest BCUT2D eigenvalue weighted by atomic mass is 16.3. The van der Waals surface area contributed by atoms with Gasteiger partial charge in [-0.05, 0) is 6.07 Å². The van der Waals surface area contributed by atoms with E-state index < -0.39 is 0 Å². The van der Waals surface area contributed by atoms with Crippen LogP contribution in [0.1, 0.15) is 0 Å². The molecule has 76 valence electrons. The lowest BCUT2D eigenvalue weighted by Gasteiger charge is -2.30. The Morgan fingerprint density at radius 1 is 1.64 bits per heavy atom. The smallest absolute Gasteiger partial charge is 0.152 e. The summed E-state index contributed by atoms with van der Waals surface area (Å²) in [6, 6.07) is 1.87. The van der Waals surface area contributed by atoms with Gasteiger partial charge in [-0.1, -0.05) is 0 Å². The van der Waals surface area contributed by atoms with E-state index in [0.717, 1.165) is 24.6 Å². The predicted octanol–water partition coefficient (Wildman–Crippen LogP) is -0.112. The molecule has 0 spiro atoms. The van der Waals surface area contributed by atoms with Crippen molar-refractivity contribution >= 4 is 17.2 Å². The zero-order valence-electron chi connectivity index (χ0n) is 7.90. The van der Waals surface area contributed by atoms with Gasteiger partial charge in [-0.15, -0.1) is 0 Å². The molecule has 0 saturated carbocycles. The van der Waals surface area contributed by atoms with E-state index in [-0.39, 0.29) is 6.61 Å². The van der Waals surface area contributed by atoms with Crippen molar-refractivity contribution in [1.82, 2.24) is 4.98 Å². The second-order valence-electron chi connectivity index (χ2n) is 3.28. The van der Waals surface area contributed by atoms with Crippen LogP contribution >= 0.6 is 0 Å². The van der Waals surface area contributed by atoms with Gasteiger partial charge >= 0.3 is 0 Å². The van der Waals surface area contributed by atoms with Gasteiger partial charge in [0.05, 0.1) is 24.2 Å². The number of aliphatic hydroxyl groups excluding tert-OH is 1. The van der Waals surface area contributed by atoms with Gasteiger partial charge in [-0.25, -0.2) is 4.98 Å². The first-order valence-electron chi connectivity index (χ1n) is 4.66. The number of nitrogens with two attached hydrogens (primary N) is 1. The van der Waals surface area contributed by atoms with Crippen LogP contribution in [0, 0.1) is 0 Å². The lowest BCUT2D eigenvalue weighted by atomic mass is 10.2. The summed E-state index contributed by atoms with van der Waals surface area (Å²) in [7, 11) is 0. The van der Waals surface area contributed by atoms with Crippen LogP contribution in [0.2, 0.25) is 0 Å². The number of aromatic nitrogens is 1. The molecule has 2 heterocycles. The van der Waals surface area contributed by atoms with Crippen LogP contribution in [0.4, 0.5) is 17.2 Å². The number of hydrogen-bond donors (Lipinski definition) is 3. The van der Waals surface area contributed by atoms with Gasteiger partial charge in [0.2, 0.25) is 0 Å². The summed E-state index contributed by atoms with van der Waals surface area (Å²) in [4.78, 5) is 6.29. The number of nitrogens with one attached hydrogen (secondary N) is 1. The number of pyridine rings is 1. The Hall–Kier alpha value is -1.49. The van der Waals surface area contributed by atoms with Crippen LogP contribution in [-0.2, 0) is 0 Å². The number of rotatable bonds is 2. The summed E-state index contributed by atoms with van der Waals surface area (Å²) in [6.45, 7) is 2.49. The van der Waals surface area contributed by atoms with Gasteiger partial charge in [0.15, 0.2) is 5.82 Å². The molecule has 1 aromatic heterocycles. The Morgan fingerprint density at radius 2 is 2.50 bits per heavy atom. The molecule has 5 nitrogen and oxygen atoms in total. The number of nitrogens with zero attached hydrogens (tertiary/aromatic N) is 2. The average molecular weight is 194 g/mol. The second kappa shape index (κ2) is 3.71. The summed E-state index contributed by atoms with van der Waals surface area (Å²) < 4.78 is 0. The lowest BCUT2D eigenvalue weighted by Crippen LogP contribution is -2.36. The van der Waals surface area contributed by atoms with E-state index in [1.54, 1.807) is 6.20 Å². The first-order chi connectivity index (χ1) is 6.81. The molecule has 2 rings (SSSR count). The van der Waals surface area contributed by atoms with Crippen molar-refractivity contribution in [3.05, 3.63) is 12.3 Å². The molecule has 1 aliphatic heterocycles. The molecule has 1 aromatic rings. The monoisotopic (exact) mass is 194 g/mol. The summed E-state index contributed by atoms with van der Waals surface area (Å²) in [5.41, 5.74) is 7.23. The fraction of sp³-hybridized carbons (Fsp3) is 0.444. The van der Waals surface area contributed by atoms with Gasteiger partial charge in [0.25, 0.3) is 0 Å². The molecule has 5 heteroatoms. The predicted molar refractivity (Wildman–Crippen MR) is 56.4 cm³/mol. The Kier molecular flexibility index (Phi) is 2.41. The number of anilines is 3. The van der Waals surface area contributed by atoms with Crippen molar-refractivity contribution in [3.63, 3.8) is 0 Å². The minimum Gasteiger partial charge on any atom is -0.397 e. The van der Waals surface area contributed by atoms with Crippen LogP contribution < -0.4 is 16.0 Å². The molecule has 0 saturated heterocycles. The van der Waals surface area contributed by atoms with Crippen molar-refractivity contribution in [2.45, 2.75) is 0 Å². The molecular formula is C9H14N4O. The Balaban J connectivity index is 2.30. The SMILES string of the molecule is Nc1cnc2c(c1)NCCN2CCO. The highest BCUT2D eigenvalue weighted by Gasteiger charge is 2.16. The number of aliphatic hydroxyl groups is 1. The van der Waals surface area contributed by atoms with Gasteiger partial charge in [0.1, 0.15) is 0 Å². The molecule has 0 aliphatic carbocycles. The Bertz CT molecular complexity index is 329. The number of nitrogen functional groups attached to an aromatic ring is 1. The third-order valence-corrected chi connectivity index (χ3v) is 2.25. The molecule has 14 heavy (non-hydrogen) atoms. The highest BCUT2D eigenvalue weighted by molar-refractivity contribution is 5.71. The van der Waals surface area contributed by atoms with E-state index in [1.165, 1.54) is 0 Å². The van der Waals surface area contributed by atoms with Crippen molar-refractivity contribution in [2.75, 3.05) is 42.2 Å². The Morgan fingerprint density at radius 3 is 3.29 bits per heavy atom. The maximum atomic E-state index is 8.88. The number of hydrogen-bond acceptors (Lipinski definition) is 5. The first-order valence-corrected chi connectivity index (χ1v) is 4.66. The van der Waals surface area contributed by atoms with Crippen LogP contribution in [0.15, 0.2) is 12.3 Å². The first kappa shape index (κ1) is 9.08. The van der Waals surface area contributed by atoms with Crippen molar-refractivity contribution in [1.29, 1.82) is 0 Å². The van der Waals surface area contributed by atoms with Crippen LogP contribution in [0.25, 0.3) is 0 Å². The minimum atomic E-state index is 0.144. The van der Waals surface area contributed by atoms with E-state index in [9.17, 15) is 0 Å². The highest BCUT2D eigenvalue weighted by Crippen LogP contribution is 2.27. The zero-order chi connectivity index (χ0) is 9.97. The fourth-order valence-corrected chi connectivity index (χ4v) is 1.63. The van der Waals surface area contributed by atoms with Crippen molar-refractivity contribution in [3.8, 4) is 0 Å². The maximum absolute atomic E-state index is 8.88.